The number of rotatable bonds is 15. The Morgan fingerprint density at radius 2 is 0.299 bits per heavy atom. The fourth-order valence-corrected chi connectivity index (χ4v) is 20.3. The number of hydrogen-bond acceptors (Lipinski definition) is 11. The highest BCUT2D eigenvalue weighted by molar-refractivity contribution is 6.24. The van der Waals surface area contributed by atoms with Crippen LogP contribution in [0.4, 0.5) is 0 Å². The van der Waals surface area contributed by atoms with Crippen molar-refractivity contribution in [3.63, 3.8) is 0 Å². The summed E-state index contributed by atoms with van der Waals surface area (Å²) in [5.74, 6) is 0.719. The third-order valence-corrected chi connectivity index (χ3v) is 27.1. The number of aromatic nitrogens is 11. The van der Waals surface area contributed by atoms with Gasteiger partial charge in [0, 0.05) is 90.9 Å². The smallest absolute Gasteiger partial charge is 0.159 e. The van der Waals surface area contributed by atoms with Gasteiger partial charge in [0.15, 0.2) is 5.82 Å². The Morgan fingerprint density at radius 3 is 0.562 bits per heavy atom. The molecule has 0 fully saturated rings. The molecule has 144 heavy (non-hydrogen) atoms. The van der Waals surface area contributed by atoms with E-state index in [1.165, 1.54) is 65.3 Å². The lowest BCUT2D eigenvalue weighted by Gasteiger charge is -2.18. The highest BCUT2D eigenvalue weighted by Crippen LogP contribution is 2.50. The standard InChI is InChI=1S/C45H29N3.2C44H28N4/c1-3-13-30(14-4-1)39-28-27-34(29-46-39)43-37-19-9-7-17-35(37)42(36-18-8-10-20-38(36)43)31-23-25-33(26-24-31)45-44(32-15-5-2-6-16-32)47-40-21-11-12-22-41(40)48-45;1-3-13-30(14-4-1)42-43(48-39-22-12-11-21-38(39)47-42)31-25-23-29(24-26-31)40-34-17-7-9-19-36(34)41(37-20-10-8-18-35(37)40)33-27-45-44(46-28-33)32-15-5-2-6-16-32;1-3-13-29(14-4-1)37-27-28-40(48-47-37)42-35-19-9-7-17-33(35)41(34-18-8-10-20-36(34)42)30-23-25-32(26-24-30)44-43(31-15-5-2-6-16-31)45-38-21-11-12-22-39(38)46-44/h1-29H;2*1-28H. The van der Waals surface area contributed by atoms with Gasteiger partial charge in [0.1, 0.15) is 0 Å². The van der Waals surface area contributed by atoms with Crippen molar-refractivity contribution in [3.05, 3.63) is 516 Å². The minimum Gasteiger partial charge on any atom is -0.256 e. The monoisotopic (exact) mass is 1840 g/mol. The van der Waals surface area contributed by atoms with Crippen molar-refractivity contribution >= 4 is 97.7 Å². The van der Waals surface area contributed by atoms with E-state index < -0.39 is 0 Å². The lowest BCUT2D eigenvalue weighted by atomic mass is 9.86. The first-order valence-corrected chi connectivity index (χ1v) is 48.3. The molecule has 6 heterocycles. The first-order valence-electron chi connectivity index (χ1n) is 48.3. The van der Waals surface area contributed by atoms with Gasteiger partial charge in [-0.25, -0.2) is 39.9 Å². The zero-order valence-corrected chi connectivity index (χ0v) is 78.0. The van der Waals surface area contributed by atoms with E-state index in [0.717, 1.165) is 201 Å². The van der Waals surface area contributed by atoms with E-state index in [0.29, 0.717) is 0 Å². The van der Waals surface area contributed by atoms with Gasteiger partial charge in [-0.05, 0) is 158 Å². The van der Waals surface area contributed by atoms with Crippen LogP contribution in [-0.2, 0) is 0 Å². The predicted octanol–water partition coefficient (Wildman–Crippen LogP) is 33.8. The summed E-state index contributed by atoms with van der Waals surface area (Å²) in [6.45, 7) is 0. The summed E-state index contributed by atoms with van der Waals surface area (Å²) in [6, 6.07) is 173. The first-order chi connectivity index (χ1) is 71.4. The molecule has 672 valence electrons. The summed E-state index contributed by atoms with van der Waals surface area (Å²) in [5.41, 5.74) is 35.2. The second-order valence-electron chi connectivity index (χ2n) is 35.7. The highest BCUT2D eigenvalue weighted by Gasteiger charge is 2.25. The van der Waals surface area contributed by atoms with Gasteiger partial charge in [-0.2, -0.15) is 0 Å². The topological polar surface area (TPSA) is 142 Å². The summed E-state index contributed by atoms with van der Waals surface area (Å²) >= 11 is 0. The van der Waals surface area contributed by atoms with Crippen molar-refractivity contribution in [2.24, 2.45) is 0 Å². The number of hydrogen-bond donors (Lipinski definition) is 0. The highest BCUT2D eigenvalue weighted by atomic mass is 15.1. The summed E-state index contributed by atoms with van der Waals surface area (Å²) < 4.78 is 0. The molecule has 0 saturated carbocycles. The molecule has 6 aromatic heterocycles. The number of benzene rings is 21. The van der Waals surface area contributed by atoms with E-state index in [9.17, 15) is 0 Å². The fourth-order valence-electron chi connectivity index (χ4n) is 20.3. The van der Waals surface area contributed by atoms with Crippen LogP contribution in [0.2, 0.25) is 0 Å². The molecular formula is C133H85N11. The zero-order chi connectivity index (χ0) is 95.6. The molecule has 0 bridgehead atoms. The molecule has 0 aliphatic carbocycles. The van der Waals surface area contributed by atoms with Crippen molar-refractivity contribution in [3.8, 4) is 168 Å². The molecular weight excluding hydrogens is 1750 g/mol. The molecule has 0 aliphatic heterocycles. The molecule has 0 saturated heterocycles. The molecule has 0 aliphatic rings. The Balaban J connectivity index is 0.000000113. The molecule has 27 rings (SSSR count). The van der Waals surface area contributed by atoms with Gasteiger partial charge in [0.2, 0.25) is 0 Å². The molecule has 0 spiro atoms. The lowest BCUT2D eigenvalue weighted by molar-refractivity contribution is 1.05. The van der Waals surface area contributed by atoms with Gasteiger partial charge < -0.3 is 0 Å². The van der Waals surface area contributed by atoms with E-state index in [2.05, 4.69) is 321 Å². The van der Waals surface area contributed by atoms with Gasteiger partial charge in [-0.3, -0.25) is 4.98 Å². The van der Waals surface area contributed by atoms with Crippen molar-refractivity contribution in [1.29, 1.82) is 0 Å². The molecule has 0 amide bonds. The number of nitrogens with zero attached hydrogens (tertiary/aromatic N) is 11. The van der Waals surface area contributed by atoms with E-state index >= 15 is 0 Å². The summed E-state index contributed by atoms with van der Waals surface area (Å²) in [5, 5.41) is 23.6. The van der Waals surface area contributed by atoms with E-state index in [-0.39, 0.29) is 0 Å². The average molecular weight is 1840 g/mol. The van der Waals surface area contributed by atoms with Crippen LogP contribution in [-0.4, -0.2) is 55.1 Å². The van der Waals surface area contributed by atoms with Crippen molar-refractivity contribution in [2.75, 3.05) is 0 Å². The van der Waals surface area contributed by atoms with E-state index in [1.54, 1.807) is 0 Å². The van der Waals surface area contributed by atoms with Crippen LogP contribution < -0.4 is 0 Å². The zero-order valence-electron chi connectivity index (χ0n) is 78.0. The maximum atomic E-state index is 5.13. The van der Waals surface area contributed by atoms with Crippen molar-refractivity contribution < 1.29 is 0 Å². The molecule has 27 aromatic rings. The minimum atomic E-state index is 0.719. The number of fused-ring (bicyclic) bond motifs is 9. The molecule has 0 atom stereocenters. The summed E-state index contributed by atoms with van der Waals surface area (Å²) in [4.78, 5) is 45.1. The molecule has 11 heteroatoms. The maximum Gasteiger partial charge on any atom is 0.159 e. The van der Waals surface area contributed by atoms with Gasteiger partial charge in [-0.15, -0.1) is 10.2 Å². The first kappa shape index (κ1) is 86.1. The Labute approximate surface area is 831 Å². The Bertz CT molecular complexity index is 8440. The molecule has 0 radical (unpaired) electrons. The third-order valence-electron chi connectivity index (χ3n) is 27.1. The fraction of sp³-hybridized carbons (Fsp3) is 0. The van der Waals surface area contributed by atoms with Crippen LogP contribution in [0.1, 0.15) is 0 Å². The Kier molecular flexibility index (Phi) is 22.8. The van der Waals surface area contributed by atoms with Crippen LogP contribution >= 0.6 is 0 Å². The predicted molar refractivity (Wildman–Crippen MR) is 594 cm³/mol. The van der Waals surface area contributed by atoms with Crippen LogP contribution in [0.5, 0.6) is 0 Å². The second-order valence-corrected chi connectivity index (χ2v) is 35.7. The van der Waals surface area contributed by atoms with Crippen molar-refractivity contribution in [2.45, 2.75) is 0 Å². The van der Waals surface area contributed by atoms with E-state index in [1.807, 2.05) is 201 Å². The van der Waals surface area contributed by atoms with Crippen LogP contribution in [0.15, 0.2) is 516 Å². The normalized spacial score (nSPS) is 11.3. The van der Waals surface area contributed by atoms with Crippen molar-refractivity contribution in [1.82, 2.24) is 55.1 Å². The quantitative estimate of drug-likeness (QED) is 0.0906. The summed E-state index contributed by atoms with van der Waals surface area (Å²) in [6.07, 6.45) is 5.92. The summed E-state index contributed by atoms with van der Waals surface area (Å²) in [7, 11) is 0. The van der Waals surface area contributed by atoms with Gasteiger partial charge >= 0.3 is 0 Å². The van der Waals surface area contributed by atoms with E-state index in [4.69, 9.17) is 50.0 Å². The van der Waals surface area contributed by atoms with Crippen LogP contribution in [0, 0.1) is 0 Å². The SMILES string of the molecule is c1ccc(-c2ccc(-c3c4ccccc4c(-c4ccc(-c5nc6ccccc6nc5-c5ccccc5)cc4)c4ccccc34)cn2)cc1.c1ccc(-c2ccc(-c3c4ccccc4c(-c4ccc(-c5nc6ccccc6nc5-c5ccccc5)cc4)c4ccccc34)nn2)cc1.c1ccc(-c2ncc(-c3c4ccccc4c(-c4ccc(-c5nc6ccccc6nc5-c5ccccc5)cc4)c4ccccc34)cn2)cc1. The number of pyridine rings is 1. The minimum absolute atomic E-state index is 0.719. The Hall–Kier alpha value is -19.5. The Morgan fingerprint density at radius 1 is 0.111 bits per heavy atom. The van der Waals surface area contributed by atoms with Crippen LogP contribution in [0.25, 0.3) is 266 Å². The molecule has 0 unspecified atom stereocenters. The van der Waals surface area contributed by atoms with Gasteiger partial charge in [0.25, 0.3) is 0 Å². The molecule has 0 N–H and O–H groups in total. The van der Waals surface area contributed by atoms with Gasteiger partial charge in [-0.1, -0.05) is 443 Å². The third kappa shape index (κ3) is 16.5. The average Bonchev–Trinajstić information content (AvgIpc) is 0.744. The largest absolute Gasteiger partial charge is 0.256 e. The maximum absolute atomic E-state index is 5.13. The molecule has 21 aromatic carbocycles. The lowest BCUT2D eigenvalue weighted by Crippen LogP contribution is -1.96. The van der Waals surface area contributed by atoms with Crippen LogP contribution in [0.3, 0.4) is 0 Å². The number of para-hydroxylation sites is 6. The molecule has 11 nitrogen and oxygen atoms in total. The van der Waals surface area contributed by atoms with Gasteiger partial charge in [0.05, 0.1) is 84.3 Å². The second kappa shape index (κ2) is 38.1.